The first kappa shape index (κ1) is 19.2. The fraction of sp³-hybridized carbons (Fsp3) is 0.278. The molecule has 1 aromatic heterocycles. The van der Waals surface area contributed by atoms with Gasteiger partial charge in [0.15, 0.2) is 17.3 Å². The van der Waals surface area contributed by atoms with E-state index < -0.39 is 29.6 Å². The number of anilines is 1. The van der Waals surface area contributed by atoms with E-state index in [0.29, 0.717) is 11.3 Å². The lowest BCUT2D eigenvalue weighted by atomic mass is 10.1. The molecule has 1 aromatic carbocycles. The van der Waals surface area contributed by atoms with Gasteiger partial charge in [0.25, 0.3) is 0 Å². The summed E-state index contributed by atoms with van der Waals surface area (Å²) in [6.45, 7) is 2.83. The molecule has 2 N–H and O–H groups in total. The summed E-state index contributed by atoms with van der Waals surface area (Å²) in [7, 11) is 0. The number of aryl methyl sites for hydroxylation is 1. The number of fused-ring (bicyclic) bond motifs is 1. The molecule has 1 aliphatic rings. The van der Waals surface area contributed by atoms with Crippen LogP contribution >= 0.6 is 0 Å². The standard InChI is InChI=1S/C18H16F2N6O2/c1-9-5-11(6-21)24-25-17(9)10(2)22-15(27)8-26-7-12-14(23-18(26)28)4-3-13(19)16(12)20/h3-5,10H,7-8H2,1-2H3,(H,22,27)(H,23,28). The Hall–Kier alpha value is -3.61. The van der Waals surface area contributed by atoms with E-state index in [4.69, 9.17) is 5.26 Å². The third-order valence-corrected chi connectivity index (χ3v) is 4.33. The van der Waals surface area contributed by atoms with Crippen molar-refractivity contribution in [2.24, 2.45) is 0 Å². The van der Waals surface area contributed by atoms with Gasteiger partial charge in [-0.05, 0) is 37.6 Å². The first-order valence-electron chi connectivity index (χ1n) is 8.36. The first-order chi connectivity index (χ1) is 13.3. The minimum absolute atomic E-state index is 0.0192. The Morgan fingerprint density at radius 1 is 1.43 bits per heavy atom. The summed E-state index contributed by atoms with van der Waals surface area (Å²) in [4.78, 5) is 25.5. The zero-order valence-electron chi connectivity index (χ0n) is 15.1. The van der Waals surface area contributed by atoms with Gasteiger partial charge in [-0.25, -0.2) is 13.6 Å². The molecule has 1 unspecified atom stereocenters. The number of carbonyl (C=O) groups is 2. The Kier molecular flexibility index (Phi) is 5.17. The van der Waals surface area contributed by atoms with Gasteiger partial charge in [0.05, 0.1) is 24.0 Å². The molecule has 3 amide bonds. The number of aromatic nitrogens is 2. The minimum Gasteiger partial charge on any atom is -0.346 e. The molecule has 0 spiro atoms. The van der Waals surface area contributed by atoms with Gasteiger partial charge < -0.3 is 15.5 Å². The molecule has 3 rings (SSSR count). The second-order valence-electron chi connectivity index (χ2n) is 6.37. The SMILES string of the molecule is Cc1cc(C#N)nnc1C(C)NC(=O)CN1Cc2c(ccc(F)c2F)NC1=O. The highest BCUT2D eigenvalue weighted by Crippen LogP contribution is 2.27. The lowest BCUT2D eigenvalue weighted by Crippen LogP contribution is -2.45. The second-order valence-corrected chi connectivity index (χ2v) is 6.37. The van der Waals surface area contributed by atoms with E-state index in [0.717, 1.165) is 11.0 Å². The smallest absolute Gasteiger partial charge is 0.322 e. The highest BCUT2D eigenvalue weighted by atomic mass is 19.2. The van der Waals surface area contributed by atoms with Crippen LogP contribution < -0.4 is 10.6 Å². The van der Waals surface area contributed by atoms with E-state index >= 15 is 0 Å². The van der Waals surface area contributed by atoms with Crippen molar-refractivity contribution in [3.05, 3.63) is 52.3 Å². The number of nitrogens with zero attached hydrogens (tertiary/aromatic N) is 4. The van der Waals surface area contributed by atoms with Crippen molar-refractivity contribution in [1.82, 2.24) is 20.4 Å². The van der Waals surface area contributed by atoms with E-state index in [1.54, 1.807) is 19.9 Å². The number of benzene rings is 1. The van der Waals surface area contributed by atoms with Gasteiger partial charge in [-0.3, -0.25) is 4.79 Å². The molecule has 2 aromatic rings. The van der Waals surface area contributed by atoms with Gasteiger partial charge in [0.2, 0.25) is 5.91 Å². The minimum atomic E-state index is -1.06. The Morgan fingerprint density at radius 3 is 2.86 bits per heavy atom. The van der Waals surface area contributed by atoms with Crippen molar-refractivity contribution in [3.8, 4) is 6.07 Å². The molecule has 0 saturated heterocycles. The molecule has 28 heavy (non-hydrogen) atoms. The molecule has 1 atom stereocenters. The monoisotopic (exact) mass is 386 g/mol. The van der Waals surface area contributed by atoms with E-state index in [2.05, 4.69) is 20.8 Å². The number of halogens is 2. The average Bonchev–Trinajstić information content (AvgIpc) is 2.65. The average molecular weight is 386 g/mol. The number of nitrogens with one attached hydrogen (secondary N) is 2. The second kappa shape index (κ2) is 7.56. The van der Waals surface area contributed by atoms with Gasteiger partial charge in [-0.1, -0.05) is 0 Å². The van der Waals surface area contributed by atoms with Crippen LogP contribution in [-0.4, -0.2) is 33.6 Å². The van der Waals surface area contributed by atoms with Crippen LogP contribution in [0.1, 0.15) is 35.5 Å². The maximum Gasteiger partial charge on any atom is 0.322 e. The third-order valence-electron chi connectivity index (χ3n) is 4.33. The molecule has 0 aliphatic carbocycles. The van der Waals surface area contributed by atoms with Crippen LogP contribution in [0.2, 0.25) is 0 Å². The number of hydrogen-bond donors (Lipinski definition) is 2. The van der Waals surface area contributed by atoms with Crippen molar-refractivity contribution in [2.75, 3.05) is 11.9 Å². The summed E-state index contributed by atoms with van der Waals surface area (Å²) >= 11 is 0. The molecule has 8 nitrogen and oxygen atoms in total. The summed E-state index contributed by atoms with van der Waals surface area (Å²) in [5.41, 5.74) is 1.49. The Labute approximate surface area is 159 Å². The van der Waals surface area contributed by atoms with Crippen LogP contribution in [0.3, 0.4) is 0 Å². The number of urea groups is 1. The van der Waals surface area contributed by atoms with Crippen LogP contribution in [0, 0.1) is 29.9 Å². The quantitative estimate of drug-likeness (QED) is 0.837. The highest BCUT2D eigenvalue weighted by Gasteiger charge is 2.28. The topological polar surface area (TPSA) is 111 Å². The number of carbonyl (C=O) groups excluding carboxylic acids is 2. The van der Waals surface area contributed by atoms with Crippen LogP contribution in [-0.2, 0) is 11.3 Å². The van der Waals surface area contributed by atoms with Crippen molar-refractivity contribution >= 4 is 17.6 Å². The number of rotatable bonds is 4. The molecule has 0 bridgehead atoms. The van der Waals surface area contributed by atoms with Crippen molar-refractivity contribution in [1.29, 1.82) is 5.26 Å². The molecule has 0 saturated carbocycles. The zero-order valence-corrected chi connectivity index (χ0v) is 15.1. The lowest BCUT2D eigenvalue weighted by Gasteiger charge is -2.29. The molecule has 1 aliphatic heterocycles. The molecule has 0 fully saturated rings. The van der Waals surface area contributed by atoms with Crippen molar-refractivity contribution in [3.63, 3.8) is 0 Å². The Bertz CT molecular complexity index is 1000. The third kappa shape index (κ3) is 3.73. The van der Waals surface area contributed by atoms with E-state index in [1.807, 2.05) is 6.07 Å². The molecular formula is C18H16F2N6O2. The van der Waals surface area contributed by atoms with Gasteiger partial charge in [0.1, 0.15) is 12.6 Å². The van der Waals surface area contributed by atoms with Crippen molar-refractivity contribution < 1.29 is 18.4 Å². The van der Waals surface area contributed by atoms with E-state index in [9.17, 15) is 18.4 Å². The molecular weight excluding hydrogens is 370 g/mol. The van der Waals surface area contributed by atoms with Crippen LogP contribution in [0.15, 0.2) is 18.2 Å². The molecule has 144 valence electrons. The van der Waals surface area contributed by atoms with Crippen LogP contribution in [0.4, 0.5) is 19.3 Å². The lowest BCUT2D eigenvalue weighted by molar-refractivity contribution is -0.122. The predicted octanol–water partition coefficient (Wildman–Crippen LogP) is 2.16. The molecule has 2 heterocycles. The first-order valence-corrected chi connectivity index (χ1v) is 8.36. The van der Waals surface area contributed by atoms with Gasteiger partial charge >= 0.3 is 6.03 Å². The van der Waals surface area contributed by atoms with Crippen LogP contribution in [0.25, 0.3) is 0 Å². The summed E-state index contributed by atoms with van der Waals surface area (Å²) in [5.74, 6) is -2.59. The summed E-state index contributed by atoms with van der Waals surface area (Å²) in [6.07, 6.45) is 0. The molecule has 10 heteroatoms. The predicted molar refractivity (Wildman–Crippen MR) is 93.8 cm³/mol. The van der Waals surface area contributed by atoms with E-state index in [-0.39, 0.29) is 30.0 Å². The number of nitriles is 1. The largest absolute Gasteiger partial charge is 0.346 e. The van der Waals surface area contributed by atoms with Gasteiger partial charge in [0, 0.05) is 5.56 Å². The summed E-state index contributed by atoms with van der Waals surface area (Å²) < 4.78 is 27.4. The zero-order chi connectivity index (χ0) is 20.4. The van der Waals surface area contributed by atoms with Gasteiger partial charge in [-0.2, -0.15) is 10.4 Å². The Balaban J connectivity index is 1.68. The summed E-state index contributed by atoms with van der Waals surface area (Å²) in [5, 5.41) is 21.6. The maximum atomic E-state index is 14.0. The van der Waals surface area contributed by atoms with Crippen LogP contribution in [0.5, 0.6) is 0 Å². The fourth-order valence-electron chi connectivity index (χ4n) is 2.96. The Morgan fingerprint density at radius 2 is 2.18 bits per heavy atom. The van der Waals surface area contributed by atoms with Gasteiger partial charge in [-0.15, -0.1) is 5.10 Å². The fourth-order valence-corrected chi connectivity index (χ4v) is 2.96. The summed E-state index contributed by atoms with van der Waals surface area (Å²) in [6, 6.07) is 4.53. The maximum absolute atomic E-state index is 14.0. The van der Waals surface area contributed by atoms with Crippen molar-refractivity contribution in [2.45, 2.75) is 26.4 Å². The van der Waals surface area contributed by atoms with E-state index in [1.165, 1.54) is 6.07 Å². The normalized spacial score (nSPS) is 14.0. The molecule has 0 radical (unpaired) electrons. The highest BCUT2D eigenvalue weighted by molar-refractivity contribution is 5.94. The number of amides is 3. The number of hydrogen-bond acceptors (Lipinski definition) is 5.